The van der Waals surface area contributed by atoms with E-state index in [1.54, 1.807) is 6.92 Å². The molecule has 1 aromatic heterocycles. The van der Waals surface area contributed by atoms with E-state index in [-0.39, 0.29) is 36.0 Å². The van der Waals surface area contributed by atoms with Gasteiger partial charge in [0, 0.05) is 50.9 Å². The molecule has 1 aliphatic heterocycles. The van der Waals surface area contributed by atoms with Gasteiger partial charge in [-0.1, -0.05) is 6.07 Å². The maximum absolute atomic E-state index is 13.9. The summed E-state index contributed by atoms with van der Waals surface area (Å²) >= 11 is 0. The van der Waals surface area contributed by atoms with Crippen molar-refractivity contribution in [3.63, 3.8) is 0 Å². The van der Waals surface area contributed by atoms with Gasteiger partial charge in [-0.25, -0.2) is 12.8 Å². The van der Waals surface area contributed by atoms with Crippen LogP contribution >= 0.6 is 0 Å². The van der Waals surface area contributed by atoms with Crippen LogP contribution in [0.3, 0.4) is 0 Å². The van der Waals surface area contributed by atoms with Crippen molar-refractivity contribution in [1.82, 2.24) is 14.2 Å². The quantitative estimate of drug-likeness (QED) is 0.318. The average molecular weight is 618 g/mol. The summed E-state index contributed by atoms with van der Waals surface area (Å²) in [6.45, 7) is 0.782. The largest absolute Gasteiger partial charge is 0.416 e. The minimum absolute atomic E-state index is 0.000536. The smallest absolute Gasteiger partial charge is 0.341 e. The third-order valence-corrected chi connectivity index (χ3v) is 9.09. The van der Waals surface area contributed by atoms with Gasteiger partial charge in [-0.15, -0.1) is 0 Å². The van der Waals surface area contributed by atoms with Crippen LogP contribution in [0.25, 0.3) is 0 Å². The van der Waals surface area contributed by atoms with E-state index < -0.39 is 63.6 Å². The molecule has 1 fully saturated rings. The average Bonchev–Trinajstić information content (AvgIpc) is 2.91. The van der Waals surface area contributed by atoms with Gasteiger partial charge in [0.1, 0.15) is 10.7 Å². The molecule has 2 atom stereocenters. The fraction of sp³-hybridized carbons (Fsp3) is 0.357. The van der Waals surface area contributed by atoms with Gasteiger partial charge in [-0.3, -0.25) is 9.78 Å². The monoisotopic (exact) mass is 617 g/mol. The van der Waals surface area contributed by atoms with E-state index >= 15 is 0 Å². The fourth-order valence-electron chi connectivity index (χ4n) is 5.20. The van der Waals surface area contributed by atoms with E-state index in [4.69, 9.17) is 0 Å². The molecule has 0 N–H and O–H groups in total. The van der Waals surface area contributed by atoms with Crippen LogP contribution in [0.4, 0.5) is 30.7 Å². The Kier molecular flexibility index (Phi) is 8.70. The molecule has 1 aliphatic rings. The Balaban J connectivity index is 1.66. The van der Waals surface area contributed by atoms with Gasteiger partial charge in [-0.05, 0) is 72.5 Å². The Labute approximate surface area is 237 Å². The van der Waals surface area contributed by atoms with Crippen LogP contribution in [0.15, 0.2) is 65.8 Å². The molecule has 42 heavy (non-hydrogen) atoms. The number of hydrogen-bond donors (Lipinski definition) is 0. The van der Waals surface area contributed by atoms with Crippen LogP contribution in [0.2, 0.25) is 0 Å². The molecule has 4 rings (SSSR count). The standard InChI is InChI=1S/C28H26F7N3O3S/c1-17-10-21(29)5-6-23(17)25-16-38(42(40,41)22-4-3-8-36-14-22)9-7-24(25)26(39)37(2)15-18-11-19(27(30,31)32)13-20(12-18)28(33,34)35/h3-6,8,10-14,24-25H,7,9,15-16H2,1-2H3/t24-,25+/m1/s1. The van der Waals surface area contributed by atoms with Crippen molar-refractivity contribution >= 4 is 15.9 Å². The van der Waals surface area contributed by atoms with Gasteiger partial charge in [0.2, 0.25) is 15.9 Å². The van der Waals surface area contributed by atoms with Crippen molar-refractivity contribution in [1.29, 1.82) is 0 Å². The van der Waals surface area contributed by atoms with E-state index in [0.717, 1.165) is 4.90 Å². The molecule has 14 heteroatoms. The first-order chi connectivity index (χ1) is 19.5. The van der Waals surface area contributed by atoms with Gasteiger partial charge in [-0.2, -0.15) is 30.6 Å². The molecule has 0 radical (unpaired) electrons. The zero-order valence-corrected chi connectivity index (χ0v) is 23.2. The second-order valence-electron chi connectivity index (χ2n) is 10.2. The van der Waals surface area contributed by atoms with Crippen molar-refractivity contribution in [2.75, 3.05) is 20.1 Å². The van der Waals surface area contributed by atoms with Crippen LogP contribution in [0, 0.1) is 18.7 Å². The summed E-state index contributed by atoms with van der Waals surface area (Å²) in [5, 5.41) is 0. The van der Waals surface area contributed by atoms with Crippen LogP contribution < -0.4 is 0 Å². The predicted molar refractivity (Wildman–Crippen MR) is 138 cm³/mol. The number of rotatable bonds is 6. The second kappa shape index (κ2) is 11.6. The summed E-state index contributed by atoms with van der Waals surface area (Å²) in [4.78, 5) is 18.5. The lowest BCUT2D eigenvalue weighted by molar-refractivity contribution is -0.143. The highest BCUT2D eigenvalue weighted by Gasteiger charge is 2.42. The number of aromatic nitrogens is 1. The lowest BCUT2D eigenvalue weighted by Gasteiger charge is -2.39. The summed E-state index contributed by atoms with van der Waals surface area (Å²) in [5.74, 6) is -2.83. The minimum Gasteiger partial charge on any atom is -0.341 e. The molecular formula is C28H26F7N3O3S. The molecule has 1 amide bonds. The molecule has 3 aromatic rings. The van der Waals surface area contributed by atoms with Crippen molar-refractivity contribution < 1.29 is 43.9 Å². The number of halogens is 7. The number of amides is 1. The summed E-state index contributed by atoms with van der Waals surface area (Å²) < 4.78 is 122. The summed E-state index contributed by atoms with van der Waals surface area (Å²) in [6.07, 6.45) is -7.50. The maximum Gasteiger partial charge on any atom is 0.416 e. The Hall–Kier alpha value is -3.52. The number of piperidine rings is 1. The minimum atomic E-state index is -5.05. The number of carbonyl (C=O) groups excluding carboxylic acids is 1. The first-order valence-corrected chi connectivity index (χ1v) is 14.1. The molecule has 226 valence electrons. The van der Waals surface area contributed by atoms with Gasteiger partial charge in [0.25, 0.3) is 0 Å². The molecule has 0 saturated carbocycles. The first kappa shape index (κ1) is 31.4. The third-order valence-electron chi connectivity index (χ3n) is 7.24. The van der Waals surface area contributed by atoms with E-state index in [0.29, 0.717) is 23.3 Å². The lowest BCUT2D eigenvalue weighted by atomic mass is 9.79. The molecule has 0 unspecified atom stereocenters. The molecule has 6 nitrogen and oxygen atoms in total. The number of pyridine rings is 1. The molecule has 0 bridgehead atoms. The summed E-state index contributed by atoms with van der Waals surface area (Å²) in [6, 6.07) is 7.80. The number of alkyl halides is 6. The molecule has 2 aromatic carbocycles. The Bertz CT molecular complexity index is 1530. The van der Waals surface area contributed by atoms with Crippen LogP contribution in [-0.4, -0.2) is 48.7 Å². The van der Waals surface area contributed by atoms with E-state index in [1.165, 1.54) is 54.1 Å². The Morgan fingerprint density at radius 3 is 2.21 bits per heavy atom. The van der Waals surface area contributed by atoms with Crippen molar-refractivity contribution in [2.45, 2.75) is 43.1 Å². The van der Waals surface area contributed by atoms with Gasteiger partial charge in [0.05, 0.1) is 11.1 Å². The Morgan fingerprint density at radius 2 is 1.67 bits per heavy atom. The van der Waals surface area contributed by atoms with Crippen molar-refractivity contribution in [3.8, 4) is 0 Å². The van der Waals surface area contributed by atoms with Crippen molar-refractivity contribution in [3.05, 3.63) is 94.6 Å². The SMILES string of the molecule is Cc1cc(F)ccc1[C@@H]1CN(S(=O)(=O)c2cccnc2)CC[C@H]1C(=O)N(C)Cc1cc(C(F)(F)F)cc(C(F)(F)F)c1. The zero-order chi connectivity index (χ0) is 31.0. The lowest BCUT2D eigenvalue weighted by Crippen LogP contribution is -2.47. The topological polar surface area (TPSA) is 70.6 Å². The van der Waals surface area contributed by atoms with Crippen LogP contribution in [0.1, 0.15) is 40.2 Å². The third kappa shape index (κ3) is 6.75. The fourth-order valence-corrected chi connectivity index (χ4v) is 6.65. The number of hydrogen-bond acceptors (Lipinski definition) is 4. The van der Waals surface area contributed by atoms with E-state index in [1.807, 2.05) is 0 Å². The highest BCUT2D eigenvalue weighted by atomic mass is 32.2. The first-order valence-electron chi connectivity index (χ1n) is 12.7. The number of carbonyl (C=O) groups is 1. The number of aryl methyl sites for hydroxylation is 1. The van der Waals surface area contributed by atoms with E-state index in [2.05, 4.69) is 4.98 Å². The van der Waals surface area contributed by atoms with Gasteiger partial charge < -0.3 is 4.90 Å². The molecule has 0 aliphatic carbocycles. The van der Waals surface area contributed by atoms with Crippen LogP contribution in [0.5, 0.6) is 0 Å². The number of benzene rings is 2. The zero-order valence-electron chi connectivity index (χ0n) is 22.4. The van der Waals surface area contributed by atoms with Crippen LogP contribution in [-0.2, 0) is 33.7 Å². The normalized spacial score (nSPS) is 18.6. The Morgan fingerprint density at radius 1 is 1.02 bits per heavy atom. The molecular weight excluding hydrogens is 591 g/mol. The molecule has 0 spiro atoms. The van der Waals surface area contributed by atoms with Crippen molar-refractivity contribution in [2.24, 2.45) is 5.92 Å². The highest BCUT2D eigenvalue weighted by Crippen LogP contribution is 2.39. The molecule has 1 saturated heterocycles. The second-order valence-corrected chi connectivity index (χ2v) is 12.1. The van der Waals surface area contributed by atoms with Gasteiger partial charge >= 0.3 is 12.4 Å². The number of sulfonamides is 1. The van der Waals surface area contributed by atoms with Gasteiger partial charge in [0.15, 0.2) is 0 Å². The summed E-state index contributed by atoms with van der Waals surface area (Å²) in [7, 11) is -2.77. The predicted octanol–water partition coefficient (Wildman–Crippen LogP) is 6.02. The van der Waals surface area contributed by atoms with E-state index in [9.17, 15) is 43.9 Å². The maximum atomic E-state index is 13.9. The number of nitrogens with zero attached hydrogens (tertiary/aromatic N) is 3. The molecule has 2 heterocycles. The highest BCUT2D eigenvalue weighted by molar-refractivity contribution is 7.89. The summed E-state index contributed by atoms with van der Waals surface area (Å²) in [5.41, 5.74) is -2.43.